The maximum atomic E-state index is 13.9. The van der Waals surface area contributed by atoms with Crippen molar-refractivity contribution < 1.29 is 23.2 Å². The van der Waals surface area contributed by atoms with Crippen molar-refractivity contribution in [3.8, 4) is 28.6 Å². The lowest BCUT2D eigenvalue weighted by atomic mass is 10.2. The van der Waals surface area contributed by atoms with Crippen molar-refractivity contribution in [3.63, 3.8) is 0 Å². The van der Waals surface area contributed by atoms with Crippen LogP contribution in [0.2, 0.25) is 0 Å². The summed E-state index contributed by atoms with van der Waals surface area (Å²) in [5.74, 6) is 0.396. The van der Waals surface area contributed by atoms with Gasteiger partial charge in [-0.2, -0.15) is 4.98 Å². The van der Waals surface area contributed by atoms with Crippen LogP contribution in [0.3, 0.4) is 0 Å². The Morgan fingerprint density at radius 3 is 2.79 bits per heavy atom. The molecule has 7 nitrogen and oxygen atoms in total. The first-order valence-electron chi connectivity index (χ1n) is 8.88. The van der Waals surface area contributed by atoms with Crippen LogP contribution in [0.1, 0.15) is 0 Å². The van der Waals surface area contributed by atoms with E-state index in [0.717, 1.165) is 0 Å². The standard InChI is InChI=1S/C20H18FN3O4/c21-17-7-2-1-6-16(17)20-22-19(23-28-20)14-4-3-5-15(12-14)27-13-18(25)24-8-10-26-11-9-24/h1-7,12H,8-11,13H2. The van der Waals surface area contributed by atoms with Crippen LogP contribution >= 0.6 is 0 Å². The van der Waals surface area contributed by atoms with E-state index in [-0.39, 0.29) is 24.0 Å². The Morgan fingerprint density at radius 1 is 1.14 bits per heavy atom. The number of rotatable bonds is 5. The second kappa shape index (κ2) is 8.18. The maximum Gasteiger partial charge on any atom is 0.261 e. The van der Waals surface area contributed by atoms with Crippen LogP contribution < -0.4 is 4.74 Å². The number of benzene rings is 2. The zero-order chi connectivity index (χ0) is 19.3. The lowest BCUT2D eigenvalue weighted by molar-refractivity contribution is -0.137. The SMILES string of the molecule is O=C(COc1cccc(-c2noc(-c3ccccc3F)n2)c1)N1CCOCC1. The Balaban J connectivity index is 1.45. The highest BCUT2D eigenvalue weighted by Gasteiger charge is 2.18. The van der Waals surface area contributed by atoms with E-state index in [0.29, 0.717) is 43.4 Å². The molecule has 1 aliphatic rings. The lowest BCUT2D eigenvalue weighted by Crippen LogP contribution is -2.42. The Hall–Kier alpha value is -3.26. The van der Waals surface area contributed by atoms with Gasteiger partial charge in [-0.1, -0.05) is 29.4 Å². The molecule has 1 aromatic heterocycles. The Kier molecular flexibility index (Phi) is 5.29. The molecular weight excluding hydrogens is 365 g/mol. The second-order valence-electron chi connectivity index (χ2n) is 6.21. The first-order valence-corrected chi connectivity index (χ1v) is 8.88. The fourth-order valence-corrected chi connectivity index (χ4v) is 2.86. The fourth-order valence-electron chi connectivity index (χ4n) is 2.86. The molecule has 3 aromatic rings. The molecule has 0 aliphatic carbocycles. The van der Waals surface area contributed by atoms with Gasteiger partial charge in [-0.05, 0) is 24.3 Å². The normalized spacial score (nSPS) is 14.1. The van der Waals surface area contributed by atoms with Gasteiger partial charge in [-0.25, -0.2) is 4.39 Å². The minimum atomic E-state index is -0.434. The van der Waals surface area contributed by atoms with Gasteiger partial charge in [0.1, 0.15) is 11.6 Å². The zero-order valence-electron chi connectivity index (χ0n) is 15.0. The summed E-state index contributed by atoms with van der Waals surface area (Å²) < 4.78 is 29.9. The molecule has 0 radical (unpaired) electrons. The van der Waals surface area contributed by atoms with Gasteiger partial charge in [0, 0.05) is 18.7 Å². The molecule has 1 fully saturated rings. The molecule has 2 heterocycles. The predicted octanol–water partition coefficient (Wildman–Crippen LogP) is 2.78. The third kappa shape index (κ3) is 4.01. The highest BCUT2D eigenvalue weighted by Crippen LogP contribution is 2.26. The summed E-state index contributed by atoms with van der Waals surface area (Å²) >= 11 is 0. The van der Waals surface area contributed by atoms with Crippen molar-refractivity contribution in [2.24, 2.45) is 0 Å². The first kappa shape index (κ1) is 18.1. The number of amides is 1. The summed E-state index contributed by atoms with van der Waals surface area (Å²) in [5, 5.41) is 3.92. The van der Waals surface area contributed by atoms with Gasteiger partial charge in [0.05, 0.1) is 18.8 Å². The number of aromatic nitrogens is 2. The van der Waals surface area contributed by atoms with Crippen LogP contribution in [0.15, 0.2) is 53.1 Å². The Bertz CT molecular complexity index is 969. The number of nitrogens with zero attached hydrogens (tertiary/aromatic N) is 3. The van der Waals surface area contributed by atoms with Crippen molar-refractivity contribution in [2.45, 2.75) is 0 Å². The number of hydrogen-bond acceptors (Lipinski definition) is 6. The van der Waals surface area contributed by atoms with E-state index in [2.05, 4.69) is 10.1 Å². The zero-order valence-corrected chi connectivity index (χ0v) is 15.0. The molecule has 1 amide bonds. The molecule has 8 heteroatoms. The van der Waals surface area contributed by atoms with Crippen LogP contribution in [0.25, 0.3) is 22.8 Å². The van der Waals surface area contributed by atoms with Crippen molar-refractivity contribution in [1.82, 2.24) is 15.0 Å². The number of carbonyl (C=O) groups excluding carboxylic acids is 1. The highest BCUT2D eigenvalue weighted by molar-refractivity contribution is 5.78. The quantitative estimate of drug-likeness (QED) is 0.674. The van der Waals surface area contributed by atoms with E-state index in [4.69, 9.17) is 14.0 Å². The first-order chi connectivity index (χ1) is 13.7. The van der Waals surface area contributed by atoms with Gasteiger partial charge in [0.2, 0.25) is 5.82 Å². The van der Waals surface area contributed by atoms with Gasteiger partial charge in [0.25, 0.3) is 11.8 Å². The molecular formula is C20H18FN3O4. The summed E-state index contributed by atoms with van der Waals surface area (Å²) in [6, 6.07) is 13.2. The minimum Gasteiger partial charge on any atom is -0.484 e. The summed E-state index contributed by atoms with van der Waals surface area (Å²) in [6.07, 6.45) is 0. The summed E-state index contributed by atoms with van der Waals surface area (Å²) in [6.45, 7) is 2.18. The molecule has 2 aromatic carbocycles. The molecule has 0 bridgehead atoms. The van der Waals surface area contributed by atoms with Crippen LogP contribution in [0.5, 0.6) is 5.75 Å². The van der Waals surface area contributed by atoms with E-state index in [9.17, 15) is 9.18 Å². The summed E-state index contributed by atoms with van der Waals surface area (Å²) in [7, 11) is 0. The monoisotopic (exact) mass is 383 g/mol. The topological polar surface area (TPSA) is 77.7 Å². The summed E-state index contributed by atoms with van der Waals surface area (Å²) in [4.78, 5) is 18.2. The smallest absolute Gasteiger partial charge is 0.261 e. The highest BCUT2D eigenvalue weighted by atomic mass is 19.1. The minimum absolute atomic E-state index is 0.0594. The molecule has 4 rings (SSSR count). The van der Waals surface area contributed by atoms with E-state index >= 15 is 0 Å². The molecule has 144 valence electrons. The second-order valence-corrected chi connectivity index (χ2v) is 6.21. The van der Waals surface area contributed by atoms with Gasteiger partial charge in [-0.3, -0.25) is 4.79 Å². The average Bonchev–Trinajstić information content (AvgIpc) is 3.23. The number of carbonyl (C=O) groups is 1. The van der Waals surface area contributed by atoms with Crippen molar-refractivity contribution >= 4 is 5.91 Å². The summed E-state index contributed by atoms with van der Waals surface area (Å²) in [5.41, 5.74) is 0.882. The van der Waals surface area contributed by atoms with Crippen LogP contribution in [0, 0.1) is 5.82 Å². The van der Waals surface area contributed by atoms with Crippen LogP contribution in [-0.2, 0) is 9.53 Å². The van der Waals surface area contributed by atoms with Crippen molar-refractivity contribution in [3.05, 3.63) is 54.3 Å². The molecule has 0 N–H and O–H groups in total. The molecule has 0 unspecified atom stereocenters. The van der Waals surface area contributed by atoms with Crippen LogP contribution in [0.4, 0.5) is 4.39 Å². The van der Waals surface area contributed by atoms with Crippen LogP contribution in [-0.4, -0.2) is 53.9 Å². The van der Waals surface area contributed by atoms with Crippen molar-refractivity contribution in [2.75, 3.05) is 32.9 Å². The third-order valence-electron chi connectivity index (χ3n) is 4.35. The average molecular weight is 383 g/mol. The van der Waals surface area contributed by atoms with E-state index in [1.807, 2.05) is 0 Å². The third-order valence-corrected chi connectivity index (χ3v) is 4.35. The van der Waals surface area contributed by atoms with E-state index < -0.39 is 5.82 Å². The number of hydrogen-bond donors (Lipinski definition) is 0. The lowest BCUT2D eigenvalue weighted by Gasteiger charge is -2.26. The molecule has 1 saturated heterocycles. The van der Waals surface area contributed by atoms with E-state index in [1.54, 1.807) is 47.4 Å². The Morgan fingerprint density at radius 2 is 1.96 bits per heavy atom. The van der Waals surface area contributed by atoms with Gasteiger partial charge < -0.3 is 18.9 Å². The predicted molar refractivity (Wildman–Crippen MR) is 98.0 cm³/mol. The molecule has 0 saturated carbocycles. The van der Waals surface area contributed by atoms with Gasteiger partial charge in [0.15, 0.2) is 6.61 Å². The molecule has 0 atom stereocenters. The largest absolute Gasteiger partial charge is 0.484 e. The maximum absolute atomic E-state index is 13.9. The van der Waals surface area contributed by atoms with Crippen molar-refractivity contribution in [1.29, 1.82) is 0 Å². The van der Waals surface area contributed by atoms with E-state index in [1.165, 1.54) is 6.07 Å². The number of halogens is 1. The van der Waals surface area contributed by atoms with Gasteiger partial charge >= 0.3 is 0 Å². The van der Waals surface area contributed by atoms with Gasteiger partial charge in [-0.15, -0.1) is 0 Å². The number of morpholine rings is 1. The molecule has 0 spiro atoms. The molecule has 28 heavy (non-hydrogen) atoms. The Labute approximate surface area is 160 Å². The fraction of sp³-hybridized carbons (Fsp3) is 0.250. The number of ether oxygens (including phenoxy) is 2. The molecule has 1 aliphatic heterocycles.